The van der Waals surface area contributed by atoms with E-state index in [-0.39, 0.29) is 19.0 Å². The zero-order valence-electron chi connectivity index (χ0n) is 9.74. The SMILES string of the molecule is Nc1ccc(CC(=O)OCc2ncccn2)cc1. The molecule has 2 N–H and O–H groups in total. The molecule has 1 aromatic heterocycles. The van der Waals surface area contributed by atoms with Crippen LogP contribution in [-0.4, -0.2) is 15.9 Å². The summed E-state index contributed by atoms with van der Waals surface area (Å²) in [5.74, 6) is 0.176. The molecule has 0 amide bonds. The van der Waals surface area contributed by atoms with Gasteiger partial charge in [-0.3, -0.25) is 4.79 Å². The second-order valence-electron chi connectivity index (χ2n) is 3.74. The molecule has 0 aliphatic rings. The summed E-state index contributed by atoms with van der Waals surface area (Å²) in [5, 5.41) is 0. The smallest absolute Gasteiger partial charge is 0.310 e. The van der Waals surface area contributed by atoms with E-state index in [0.29, 0.717) is 11.5 Å². The third kappa shape index (κ3) is 3.55. The molecule has 0 aliphatic carbocycles. The standard InChI is InChI=1S/C13H13N3O2/c14-11-4-2-10(3-5-11)8-13(17)18-9-12-15-6-1-7-16-12/h1-7H,8-9,14H2. The fourth-order valence-electron chi connectivity index (χ4n) is 1.40. The van der Waals surface area contributed by atoms with Crippen molar-refractivity contribution in [1.29, 1.82) is 0 Å². The van der Waals surface area contributed by atoms with Crippen LogP contribution in [0.15, 0.2) is 42.7 Å². The third-order valence-corrected chi connectivity index (χ3v) is 2.31. The normalized spacial score (nSPS) is 10.0. The maximum absolute atomic E-state index is 11.6. The molecule has 5 heteroatoms. The monoisotopic (exact) mass is 243 g/mol. The van der Waals surface area contributed by atoms with Gasteiger partial charge in [-0.25, -0.2) is 9.97 Å². The highest BCUT2D eigenvalue weighted by Crippen LogP contribution is 2.07. The molecule has 0 saturated heterocycles. The van der Waals surface area contributed by atoms with Crippen molar-refractivity contribution in [2.75, 3.05) is 5.73 Å². The Bertz CT molecular complexity index is 512. The van der Waals surface area contributed by atoms with Gasteiger partial charge in [0.05, 0.1) is 6.42 Å². The summed E-state index contributed by atoms with van der Waals surface area (Å²) in [5.41, 5.74) is 7.09. The van der Waals surface area contributed by atoms with Crippen molar-refractivity contribution in [3.05, 3.63) is 54.1 Å². The molecule has 0 unspecified atom stereocenters. The van der Waals surface area contributed by atoms with Crippen molar-refractivity contribution in [2.24, 2.45) is 0 Å². The molecule has 1 heterocycles. The molecule has 2 aromatic rings. The van der Waals surface area contributed by atoms with Gasteiger partial charge in [-0.1, -0.05) is 12.1 Å². The summed E-state index contributed by atoms with van der Waals surface area (Å²) in [6.07, 6.45) is 3.43. The Kier molecular flexibility index (Phi) is 3.86. The number of aromatic nitrogens is 2. The Balaban J connectivity index is 1.84. The van der Waals surface area contributed by atoms with Crippen LogP contribution in [0.3, 0.4) is 0 Å². The molecule has 1 aromatic carbocycles. The Morgan fingerprint density at radius 3 is 2.50 bits per heavy atom. The summed E-state index contributed by atoms with van der Waals surface area (Å²) in [6.45, 7) is 0.0919. The Morgan fingerprint density at radius 2 is 1.83 bits per heavy atom. The van der Waals surface area contributed by atoms with Gasteiger partial charge in [-0.15, -0.1) is 0 Å². The van der Waals surface area contributed by atoms with Crippen molar-refractivity contribution in [1.82, 2.24) is 9.97 Å². The average molecular weight is 243 g/mol. The third-order valence-electron chi connectivity index (χ3n) is 2.31. The predicted molar refractivity (Wildman–Crippen MR) is 66.4 cm³/mol. The second-order valence-corrected chi connectivity index (χ2v) is 3.74. The largest absolute Gasteiger partial charge is 0.457 e. The number of hydrogen-bond acceptors (Lipinski definition) is 5. The summed E-state index contributed by atoms with van der Waals surface area (Å²) in [4.78, 5) is 19.5. The maximum Gasteiger partial charge on any atom is 0.310 e. The molecule has 0 fully saturated rings. The Morgan fingerprint density at radius 1 is 1.17 bits per heavy atom. The summed E-state index contributed by atoms with van der Waals surface area (Å²) in [6, 6.07) is 8.82. The number of nitrogens with zero attached hydrogens (tertiary/aromatic N) is 2. The van der Waals surface area contributed by atoms with Crippen LogP contribution in [0.2, 0.25) is 0 Å². The molecule has 92 valence electrons. The van der Waals surface area contributed by atoms with Crippen molar-refractivity contribution in [3.8, 4) is 0 Å². The fraction of sp³-hybridized carbons (Fsp3) is 0.154. The first kappa shape index (κ1) is 12.0. The minimum atomic E-state index is -0.313. The molecule has 5 nitrogen and oxygen atoms in total. The minimum Gasteiger partial charge on any atom is -0.457 e. The number of benzene rings is 1. The fourth-order valence-corrected chi connectivity index (χ4v) is 1.40. The van der Waals surface area contributed by atoms with Crippen LogP contribution in [0.5, 0.6) is 0 Å². The van der Waals surface area contributed by atoms with Gasteiger partial charge in [0.1, 0.15) is 0 Å². The Hall–Kier alpha value is -2.43. The number of anilines is 1. The first-order valence-corrected chi connectivity index (χ1v) is 5.50. The van der Waals surface area contributed by atoms with E-state index >= 15 is 0 Å². The van der Waals surface area contributed by atoms with Crippen LogP contribution < -0.4 is 5.73 Å². The highest BCUT2D eigenvalue weighted by atomic mass is 16.5. The van der Waals surface area contributed by atoms with E-state index in [1.807, 2.05) is 0 Å². The van der Waals surface area contributed by atoms with Crippen molar-refractivity contribution in [2.45, 2.75) is 13.0 Å². The maximum atomic E-state index is 11.6. The lowest BCUT2D eigenvalue weighted by Gasteiger charge is -2.04. The van der Waals surface area contributed by atoms with Crippen LogP contribution in [0.1, 0.15) is 11.4 Å². The summed E-state index contributed by atoms with van der Waals surface area (Å²) >= 11 is 0. The van der Waals surface area contributed by atoms with Gasteiger partial charge in [0, 0.05) is 18.1 Å². The van der Waals surface area contributed by atoms with Crippen LogP contribution >= 0.6 is 0 Å². The molecule has 0 bridgehead atoms. The zero-order valence-corrected chi connectivity index (χ0v) is 9.74. The van der Waals surface area contributed by atoms with Gasteiger partial charge in [-0.05, 0) is 23.8 Å². The van der Waals surface area contributed by atoms with Gasteiger partial charge in [-0.2, -0.15) is 0 Å². The van der Waals surface area contributed by atoms with E-state index in [4.69, 9.17) is 10.5 Å². The van der Waals surface area contributed by atoms with Gasteiger partial charge < -0.3 is 10.5 Å². The first-order chi connectivity index (χ1) is 8.74. The van der Waals surface area contributed by atoms with E-state index < -0.39 is 0 Å². The molecule has 0 saturated carbocycles. The van der Waals surface area contributed by atoms with Crippen LogP contribution in [-0.2, 0) is 22.6 Å². The van der Waals surface area contributed by atoms with Crippen LogP contribution in [0, 0.1) is 0 Å². The summed E-state index contributed by atoms with van der Waals surface area (Å²) < 4.78 is 5.07. The molecule has 2 rings (SSSR count). The van der Waals surface area contributed by atoms with Gasteiger partial charge in [0.25, 0.3) is 0 Å². The highest BCUT2D eigenvalue weighted by Gasteiger charge is 2.06. The van der Waals surface area contributed by atoms with Gasteiger partial charge >= 0.3 is 5.97 Å². The van der Waals surface area contributed by atoms with Crippen LogP contribution in [0.25, 0.3) is 0 Å². The van der Waals surface area contributed by atoms with Gasteiger partial charge in [0.15, 0.2) is 12.4 Å². The lowest BCUT2D eigenvalue weighted by molar-refractivity contribution is -0.144. The number of nitrogen functional groups attached to an aromatic ring is 1. The van der Waals surface area contributed by atoms with E-state index in [2.05, 4.69) is 9.97 Å². The van der Waals surface area contributed by atoms with E-state index in [1.165, 1.54) is 0 Å². The number of carbonyl (C=O) groups is 1. The Labute approximate surface area is 105 Å². The molecular formula is C13H13N3O2. The van der Waals surface area contributed by atoms with E-state index in [0.717, 1.165) is 5.56 Å². The summed E-state index contributed by atoms with van der Waals surface area (Å²) in [7, 11) is 0. The van der Waals surface area contributed by atoms with E-state index in [1.54, 1.807) is 42.7 Å². The number of carbonyl (C=O) groups excluding carboxylic acids is 1. The molecule has 0 aliphatic heterocycles. The highest BCUT2D eigenvalue weighted by molar-refractivity contribution is 5.72. The molecular weight excluding hydrogens is 230 g/mol. The first-order valence-electron chi connectivity index (χ1n) is 5.50. The van der Waals surface area contributed by atoms with E-state index in [9.17, 15) is 4.79 Å². The average Bonchev–Trinajstić information content (AvgIpc) is 2.40. The minimum absolute atomic E-state index is 0.0919. The molecule has 18 heavy (non-hydrogen) atoms. The number of ether oxygens (including phenoxy) is 1. The lowest BCUT2D eigenvalue weighted by atomic mass is 10.1. The molecule has 0 atom stereocenters. The van der Waals surface area contributed by atoms with Crippen LogP contribution in [0.4, 0.5) is 5.69 Å². The molecule has 0 spiro atoms. The second kappa shape index (κ2) is 5.77. The number of hydrogen-bond donors (Lipinski definition) is 1. The number of esters is 1. The lowest BCUT2D eigenvalue weighted by Crippen LogP contribution is -2.09. The zero-order chi connectivity index (χ0) is 12.8. The number of rotatable bonds is 4. The quantitative estimate of drug-likeness (QED) is 0.647. The number of nitrogens with two attached hydrogens (primary N) is 1. The predicted octanol–water partition coefficient (Wildman–Crippen LogP) is 1.34. The van der Waals surface area contributed by atoms with Crippen molar-refractivity contribution in [3.63, 3.8) is 0 Å². The van der Waals surface area contributed by atoms with Gasteiger partial charge in [0.2, 0.25) is 0 Å². The molecule has 0 radical (unpaired) electrons. The topological polar surface area (TPSA) is 78.1 Å². The van der Waals surface area contributed by atoms with Crippen molar-refractivity contribution < 1.29 is 9.53 Å². The van der Waals surface area contributed by atoms with Crippen molar-refractivity contribution >= 4 is 11.7 Å².